The zero-order valence-electron chi connectivity index (χ0n) is 12.0. The lowest BCUT2D eigenvalue weighted by atomic mass is 10.1. The summed E-state index contributed by atoms with van der Waals surface area (Å²) in [4.78, 5) is 11.3. The predicted molar refractivity (Wildman–Crippen MR) is 80.9 cm³/mol. The highest BCUT2D eigenvalue weighted by Gasteiger charge is 2.34. The summed E-state index contributed by atoms with van der Waals surface area (Å²) in [6.45, 7) is 0.969. The van der Waals surface area contributed by atoms with Crippen molar-refractivity contribution >= 4 is 28.4 Å². The van der Waals surface area contributed by atoms with Gasteiger partial charge in [0, 0.05) is 13.1 Å². The molecule has 124 valence electrons. The molecule has 1 atom stereocenters. The standard InChI is InChI=1S/C13H17FN2O4S.ClH/c1-20-13(17)11-3-2-10(14)6-12(11)21(18,19)16-5-4-9(7-15)8-16;/h2-3,6,9H,4-5,7-8,15H2,1H3;1H. The van der Waals surface area contributed by atoms with Gasteiger partial charge in [0.25, 0.3) is 0 Å². The van der Waals surface area contributed by atoms with Crippen LogP contribution in [0.5, 0.6) is 0 Å². The third kappa shape index (κ3) is 3.57. The minimum absolute atomic E-state index is 0. The zero-order chi connectivity index (χ0) is 15.6. The van der Waals surface area contributed by atoms with Crippen LogP contribution in [0.2, 0.25) is 0 Å². The Kier molecular flexibility index (Phi) is 6.30. The largest absolute Gasteiger partial charge is 0.465 e. The maximum atomic E-state index is 13.4. The number of methoxy groups -OCH3 is 1. The number of nitrogens with two attached hydrogens (primary N) is 1. The highest BCUT2D eigenvalue weighted by atomic mass is 35.5. The molecule has 9 heteroatoms. The molecule has 1 saturated heterocycles. The molecule has 1 aliphatic rings. The van der Waals surface area contributed by atoms with Crippen molar-refractivity contribution in [1.82, 2.24) is 4.31 Å². The summed E-state index contributed by atoms with van der Waals surface area (Å²) in [5.41, 5.74) is 5.37. The number of benzene rings is 1. The Labute approximate surface area is 134 Å². The van der Waals surface area contributed by atoms with E-state index in [1.54, 1.807) is 0 Å². The van der Waals surface area contributed by atoms with Gasteiger partial charge in [-0.25, -0.2) is 17.6 Å². The second kappa shape index (κ2) is 7.36. The van der Waals surface area contributed by atoms with Gasteiger partial charge < -0.3 is 10.5 Å². The second-order valence-electron chi connectivity index (χ2n) is 4.89. The molecular weight excluding hydrogens is 335 g/mol. The van der Waals surface area contributed by atoms with Crippen molar-refractivity contribution in [2.45, 2.75) is 11.3 Å². The van der Waals surface area contributed by atoms with E-state index in [1.165, 1.54) is 4.31 Å². The number of carbonyl (C=O) groups excluding carboxylic acids is 1. The predicted octanol–water partition coefficient (Wildman–Crippen LogP) is 1.00. The third-order valence-electron chi connectivity index (χ3n) is 3.55. The summed E-state index contributed by atoms with van der Waals surface area (Å²) in [7, 11) is -2.81. The summed E-state index contributed by atoms with van der Waals surface area (Å²) in [6.07, 6.45) is 0.651. The van der Waals surface area contributed by atoms with Crippen molar-refractivity contribution in [3.05, 3.63) is 29.6 Å². The summed E-state index contributed by atoms with van der Waals surface area (Å²) in [6, 6.07) is 2.99. The van der Waals surface area contributed by atoms with E-state index >= 15 is 0 Å². The Hall–Kier alpha value is -1.22. The van der Waals surface area contributed by atoms with Crippen molar-refractivity contribution < 1.29 is 22.3 Å². The highest BCUT2D eigenvalue weighted by molar-refractivity contribution is 7.89. The van der Waals surface area contributed by atoms with E-state index in [1.807, 2.05) is 0 Å². The third-order valence-corrected chi connectivity index (χ3v) is 5.45. The van der Waals surface area contributed by atoms with Crippen LogP contribution < -0.4 is 5.73 Å². The number of hydrogen-bond acceptors (Lipinski definition) is 5. The van der Waals surface area contributed by atoms with Gasteiger partial charge in [0.2, 0.25) is 10.0 Å². The van der Waals surface area contributed by atoms with E-state index < -0.39 is 21.8 Å². The van der Waals surface area contributed by atoms with Gasteiger partial charge >= 0.3 is 5.97 Å². The number of esters is 1. The fourth-order valence-corrected chi connectivity index (χ4v) is 4.06. The van der Waals surface area contributed by atoms with Crippen molar-refractivity contribution in [2.24, 2.45) is 11.7 Å². The second-order valence-corrected chi connectivity index (χ2v) is 6.79. The molecule has 0 aliphatic carbocycles. The van der Waals surface area contributed by atoms with E-state index in [2.05, 4.69) is 4.74 Å². The number of hydrogen-bond donors (Lipinski definition) is 1. The number of rotatable bonds is 4. The molecule has 0 amide bonds. The molecule has 1 unspecified atom stereocenters. The van der Waals surface area contributed by atoms with E-state index in [0.717, 1.165) is 25.3 Å². The first-order valence-electron chi connectivity index (χ1n) is 6.48. The zero-order valence-corrected chi connectivity index (χ0v) is 13.6. The Morgan fingerprint density at radius 1 is 1.50 bits per heavy atom. The van der Waals surface area contributed by atoms with Gasteiger partial charge in [-0.2, -0.15) is 4.31 Å². The van der Waals surface area contributed by atoms with Gasteiger partial charge in [0.15, 0.2) is 0 Å². The topological polar surface area (TPSA) is 89.7 Å². The molecule has 1 aromatic rings. The normalized spacial score (nSPS) is 18.8. The molecule has 0 saturated carbocycles. The number of sulfonamides is 1. The van der Waals surface area contributed by atoms with E-state index in [4.69, 9.17) is 5.73 Å². The Bertz CT molecular complexity index is 653. The SMILES string of the molecule is COC(=O)c1ccc(F)cc1S(=O)(=O)N1CCC(CN)C1.Cl. The highest BCUT2D eigenvalue weighted by Crippen LogP contribution is 2.27. The number of carbonyl (C=O) groups is 1. The minimum atomic E-state index is -3.95. The van der Waals surface area contributed by atoms with Crippen LogP contribution >= 0.6 is 12.4 Å². The van der Waals surface area contributed by atoms with Crippen LogP contribution in [0.3, 0.4) is 0 Å². The van der Waals surface area contributed by atoms with Crippen molar-refractivity contribution in [3.8, 4) is 0 Å². The molecule has 1 aromatic carbocycles. The maximum Gasteiger partial charge on any atom is 0.339 e. The van der Waals surface area contributed by atoms with Gasteiger partial charge in [-0.1, -0.05) is 0 Å². The average Bonchev–Trinajstić information content (AvgIpc) is 2.96. The van der Waals surface area contributed by atoms with E-state index in [-0.39, 0.29) is 35.3 Å². The monoisotopic (exact) mass is 352 g/mol. The lowest BCUT2D eigenvalue weighted by Crippen LogP contribution is -2.31. The lowest BCUT2D eigenvalue weighted by molar-refractivity contribution is 0.0596. The van der Waals surface area contributed by atoms with Gasteiger partial charge in [-0.3, -0.25) is 0 Å². The smallest absolute Gasteiger partial charge is 0.339 e. The Balaban J connectivity index is 0.00000242. The summed E-state index contributed by atoms with van der Waals surface area (Å²) in [5, 5.41) is 0. The van der Waals surface area contributed by atoms with E-state index in [9.17, 15) is 17.6 Å². The molecule has 1 fully saturated rings. The molecule has 0 radical (unpaired) electrons. The molecule has 2 rings (SSSR count). The van der Waals surface area contributed by atoms with Gasteiger partial charge in [-0.05, 0) is 37.1 Å². The van der Waals surface area contributed by atoms with Gasteiger partial charge in [-0.15, -0.1) is 12.4 Å². The Morgan fingerprint density at radius 3 is 2.73 bits per heavy atom. The minimum Gasteiger partial charge on any atom is -0.465 e. The van der Waals surface area contributed by atoms with Gasteiger partial charge in [0.05, 0.1) is 17.6 Å². The quantitative estimate of drug-likeness (QED) is 0.816. The average molecular weight is 353 g/mol. The fourth-order valence-electron chi connectivity index (χ4n) is 2.34. The summed E-state index contributed by atoms with van der Waals surface area (Å²) >= 11 is 0. The van der Waals surface area contributed by atoms with Crippen LogP contribution in [-0.4, -0.2) is 45.4 Å². The summed E-state index contributed by atoms with van der Waals surface area (Å²) < 4.78 is 44.4. The molecular formula is C13H18ClFN2O4S. The molecule has 0 bridgehead atoms. The number of ether oxygens (including phenoxy) is 1. The summed E-state index contributed by atoms with van der Waals surface area (Å²) in [5.74, 6) is -1.46. The Morgan fingerprint density at radius 2 is 2.18 bits per heavy atom. The van der Waals surface area contributed by atoms with Gasteiger partial charge in [0.1, 0.15) is 5.82 Å². The van der Waals surface area contributed by atoms with Crippen LogP contribution in [0.4, 0.5) is 4.39 Å². The molecule has 22 heavy (non-hydrogen) atoms. The first kappa shape index (κ1) is 18.8. The van der Waals surface area contributed by atoms with Crippen molar-refractivity contribution in [1.29, 1.82) is 0 Å². The molecule has 6 nitrogen and oxygen atoms in total. The van der Waals surface area contributed by atoms with Crippen LogP contribution in [0.25, 0.3) is 0 Å². The van der Waals surface area contributed by atoms with Crippen molar-refractivity contribution in [3.63, 3.8) is 0 Å². The molecule has 1 aliphatic heterocycles. The first-order valence-corrected chi connectivity index (χ1v) is 7.92. The number of halogens is 2. The molecule has 1 heterocycles. The fraction of sp³-hybridized carbons (Fsp3) is 0.462. The van der Waals surface area contributed by atoms with Crippen LogP contribution in [0.15, 0.2) is 23.1 Å². The van der Waals surface area contributed by atoms with E-state index in [0.29, 0.717) is 19.5 Å². The maximum absolute atomic E-state index is 13.4. The molecule has 2 N–H and O–H groups in total. The lowest BCUT2D eigenvalue weighted by Gasteiger charge is -2.18. The van der Waals surface area contributed by atoms with Crippen LogP contribution in [0, 0.1) is 11.7 Å². The van der Waals surface area contributed by atoms with Crippen LogP contribution in [0.1, 0.15) is 16.8 Å². The van der Waals surface area contributed by atoms with Crippen LogP contribution in [-0.2, 0) is 14.8 Å². The first-order chi connectivity index (χ1) is 9.90. The molecule has 0 aromatic heterocycles. The number of nitrogens with zero attached hydrogens (tertiary/aromatic N) is 1. The molecule has 0 spiro atoms. The van der Waals surface area contributed by atoms with Crippen molar-refractivity contribution in [2.75, 3.05) is 26.7 Å².